The molecule has 0 aromatic carbocycles. The summed E-state index contributed by atoms with van der Waals surface area (Å²) in [5.74, 6) is 1.19. The highest BCUT2D eigenvalue weighted by molar-refractivity contribution is 5.43. The average molecular weight is 222 g/mol. The number of aryl methyl sites for hydroxylation is 1. The van der Waals surface area contributed by atoms with Gasteiger partial charge in [0.15, 0.2) is 6.33 Å². The Bertz CT molecular complexity index is 280. The van der Waals surface area contributed by atoms with E-state index in [9.17, 15) is 0 Å². The molecule has 0 saturated carbocycles. The lowest BCUT2D eigenvalue weighted by atomic mass is 10.2. The normalized spacial score (nSPS) is 10.7. The molecule has 3 heteroatoms. The van der Waals surface area contributed by atoms with Crippen molar-refractivity contribution in [2.24, 2.45) is 0 Å². The Morgan fingerprint density at radius 2 is 1.94 bits per heavy atom. The van der Waals surface area contributed by atoms with E-state index in [1.165, 1.54) is 30.8 Å². The number of H-pyrrole nitrogens is 1. The first-order chi connectivity index (χ1) is 7.83. The van der Waals surface area contributed by atoms with Gasteiger partial charge < -0.3 is 9.88 Å². The zero-order valence-electron chi connectivity index (χ0n) is 10.8. The van der Waals surface area contributed by atoms with Gasteiger partial charge in [0, 0.05) is 13.1 Å². The summed E-state index contributed by atoms with van der Waals surface area (Å²) in [5, 5.41) is 0. The van der Waals surface area contributed by atoms with Crippen LogP contribution in [0.25, 0.3) is 0 Å². The van der Waals surface area contributed by atoms with Crippen LogP contribution in [0.1, 0.15) is 52.1 Å². The lowest BCUT2D eigenvalue weighted by molar-refractivity contribution is 0.693. The summed E-state index contributed by atoms with van der Waals surface area (Å²) in [6.07, 6.45) is 8.72. The SMILES string of the molecule is CCCCN(CCC)c1[nH][c]nc1CCC. The van der Waals surface area contributed by atoms with Gasteiger partial charge >= 0.3 is 0 Å². The van der Waals surface area contributed by atoms with Gasteiger partial charge in [-0.3, -0.25) is 0 Å². The van der Waals surface area contributed by atoms with Crippen molar-refractivity contribution in [2.75, 3.05) is 18.0 Å². The first-order valence-corrected chi connectivity index (χ1v) is 6.53. The smallest absolute Gasteiger partial charge is 0.175 e. The lowest BCUT2D eigenvalue weighted by Crippen LogP contribution is -2.26. The fraction of sp³-hybridized carbons (Fsp3) is 0.769. The molecular formula is C13H24N3. The average Bonchev–Trinajstić information content (AvgIpc) is 2.73. The van der Waals surface area contributed by atoms with E-state index in [1.54, 1.807) is 0 Å². The molecule has 91 valence electrons. The number of aromatic amines is 1. The molecule has 0 fully saturated rings. The fourth-order valence-corrected chi connectivity index (χ4v) is 1.90. The van der Waals surface area contributed by atoms with Gasteiger partial charge in [-0.2, -0.15) is 0 Å². The Kier molecular flexibility index (Phi) is 5.98. The van der Waals surface area contributed by atoms with Crippen LogP contribution in [-0.4, -0.2) is 23.1 Å². The van der Waals surface area contributed by atoms with E-state index in [1.807, 2.05) is 0 Å². The Balaban J connectivity index is 2.70. The van der Waals surface area contributed by atoms with Crippen molar-refractivity contribution < 1.29 is 0 Å². The minimum absolute atomic E-state index is 1.04. The lowest BCUT2D eigenvalue weighted by Gasteiger charge is -2.23. The van der Waals surface area contributed by atoms with E-state index in [2.05, 4.69) is 42.0 Å². The molecule has 0 aliphatic rings. The largest absolute Gasteiger partial charge is 0.357 e. The molecule has 0 unspecified atom stereocenters. The number of rotatable bonds is 8. The molecule has 1 aromatic heterocycles. The zero-order valence-corrected chi connectivity index (χ0v) is 10.8. The molecular weight excluding hydrogens is 198 g/mol. The van der Waals surface area contributed by atoms with Crippen LogP contribution < -0.4 is 4.90 Å². The first-order valence-electron chi connectivity index (χ1n) is 6.53. The molecule has 3 nitrogen and oxygen atoms in total. The number of imidazole rings is 1. The summed E-state index contributed by atoms with van der Waals surface area (Å²) >= 11 is 0. The van der Waals surface area contributed by atoms with Gasteiger partial charge in [-0.25, -0.2) is 4.98 Å². The van der Waals surface area contributed by atoms with E-state index in [0.717, 1.165) is 25.9 Å². The molecule has 0 amide bonds. The zero-order chi connectivity index (χ0) is 11.8. The van der Waals surface area contributed by atoms with E-state index < -0.39 is 0 Å². The highest BCUT2D eigenvalue weighted by atomic mass is 15.2. The maximum absolute atomic E-state index is 4.29. The summed E-state index contributed by atoms with van der Waals surface area (Å²) in [4.78, 5) is 9.88. The minimum Gasteiger partial charge on any atom is -0.357 e. The van der Waals surface area contributed by atoms with Gasteiger partial charge in [-0.15, -0.1) is 0 Å². The predicted molar refractivity (Wildman–Crippen MR) is 68.8 cm³/mol. The third-order valence-corrected chi connectivity index (χ3v) is 2.72. The molecule has 0 atom stereocenters. The van der Waals surface area contributed by atoms with E-state index in [-0.39, 0.29) is 0 Å². The van der Waals surface area contributed by atoms with Gasteiger partial charge in [0.05, 0.1) is 5.69 Å². The maximum atomic E-state index is 4.29. The van der Waals surface area contributed by atoms with Crippen LogP contribution in [0.5, 0.6) is 0 Å². The van der Waals surface area contributed by atoms with Gasteiger partial charge in [-0.1, -0.05) is 33.6 Å². The van der Waals surface area contributed by atoms with Crippen LogP contribution in [0.3, 0.4) is 0 Å². The van der Waals surface area contributed by atoms with Crippen molar-refractivity contribution in [2.45, 2.75) is 52.9 Å². The fourth-order valence-electron chi connectivity index (χ4n) is 1.90. The topological polar surface area (TPSA) is 31.9 Å². The number of anilines is 1. The molecule has 0 bridgehead atoms. The molecule has 1 aromatic rings. The van der Waals surface area contributed by atoms with Gasteiger partial charge in [0.2, 0.25) is 0 Å². The maximum Gasteiger partial charge on any atom is 0.175 e. The number of aromatic nitrogens is 2. The number of nitrogens with one attached hydrogen (secondary N) is 1. The minimum atomic E-state index is 1.04. The van der Waals surface area contributed by atoms with E-state index in [4.69, 9.17) is 0 Å². The summed E-state index contributed by atoms with van der Waals surface area (Å²) in [6, 6.07) is 0. The van der Waals surface area contributed by atoms with Crippen LogP contribution in [-0.2, 0) is 6.42 Å². The monoisotopic (exact) mass is 222 g/mol. The molecule has 16 heavy (non-hydrogen) atoms. The summed E-state index contributed by atoms with van der Waals surface area (Å²) in [6.45, 7) is 8.87. The Labute approximate surface area is 99.3 Å². The first kappa shape index (κ1) is 13.1. The van der Waals surface area contributed by atoms with Crippen molar-refractivity contribution >= 4 is 5.82 Å². The van der Waals surface area contributed by atoms with Crippen molar-refractivity contribution in [1.29, 1.82) is 0 Å². The van der Waals surface area contributed by atoms with Crippen molar-refractivity contribution in [1.82, 2.24) is 9.97 Å². The highest BCUT2D eigenvalue weighted by Crippen LogP contribution is 2.18. The number of nitrogens with zero attached hydrogens (tertiary/aromatic N) is 2. The molecule has 0 aliphatic heterocycles. The van der Waals surface area contributed by atoms with Gasteiger partial charge in [0.25, 0.3) is 0 Å². The van der Waals surface area contributed by atoms with Crippen LogP contribution in [0, 0.1) is 6.33 Å². The number of hydrogen-bond acceptors (Lipinski definition) is 2. The Morgan fingerprint density at radius 3 is 2.56 bits per heavy atom. The van der Waals surface area contributed by atoms with Crippen molar-refractivity contribution in [3.05, 3.63) is 12.0 Å². The molecule has 0 aliphatic carbocycles. The highest BCUT2D eigenvalue weighted by Gasteiger charge is 2.12. The third-order valence-electron chi connectivity index (χ3n) is 2.72. The molecule has 1 radical (unpaired) electrons. The molecule has 0 spiro atoms. The number of unbranched alkanes of at least 4 members (excludes halogenated alkanes) is 1. The van der Waals surface area contributed by atoms with Crippen molar-refractivity contribution in [3.63, 3.8) is 0 Å². The third kappa shape index (κ3) is 3.54. The van der Waals surface area contributed by atoms with E-state index in [0.29, 0.717) is 0 Å². The standard InChI is InChI=1S/C13H24N3/c1-4-7-10-16(9-6-3)13-12(8-5-2)14-11-15-13/h4-10H2,1-3H3,(H,14,15). The second kappa shape index (κ2) is 7.31. The van der Waals surface area contributed by atoms with Crippen LogP contribution in [0.4, 0.5) is 5.82 Å². The molecule has 1 rings (SSSR count). The van der Waals surface area contributed by atoms with Crippen LogP contribution >= 0.6 is 0 Å². The molecule has 1 N–H and O–H groups in total. The van der Waals surface area contributed by atoms with Crippen LogP contribution in [0.2, 0.25) is 0 Å². The van der Waals surface area contributed by atoms with Crippen LogP contribution in [0.15, 0.2) is 0 Å². The van der Waals surface area contributed by atoms with E-state index >= 15 is 0 Å². The quantitative estimate of drug-likeness (QED) is 0.732. The summed E-state index contributed by atoms with van der Waals surface area (Å²) < 4.78 is 0. The van der Waals surface area contributed by atoms with Crippen molar-refractivity contribution in [3.8, 4) is 0 Å². The summed E-state index contributed by atoms with van der Waals surface area (Å²) in [7, 11) is 0. The Morgan fingerprint density at radius 1 is 1.12 bits per heavy atom. The number of hydrogen-bond donors (Lipinski definition) is 1. The van der Waals surface area contributed by atoms with Gasteiger partial charge in [-0.05, 0) is 19.3 Å². The Hall–Kier alpha value is -0.990. The molecule has 0 saturated heterocycles. The second-order valence-corrected chi connectivity index (χ2v) is 4.23. The summed E-state index contributed by atoms with van der Waals surface area (Å²) in [5.41, 5.74) is 1.17. The predicted octanol–water partition coefficient (Wildman–Crippen LogP) is 3.18. The molecule has 1 heterocycles. The second-order valence-electron chi connectivity index (χ2n) is 4.23. The van der Waals surface area contributed by atoms with Gasteiger partial charge in [0.1, 0.15) is 5.82 Å².